The molecular formula is C10H11ClN4O. The molecule has 1 N–H and O–H groups in total. The van der Waals surface area contributed by atoms with Gasteiger partial charge in [-0.25, -0.2) is 4.98 Å². The van der Waals surface area contributed by atoms with Gasteiger partial charge in [0.2, 0.25) is 11.2 Å². The van der Waals surface area contributed by atoms with Crippen LogP contribution in [0.2, 0.25) is 5.28 Å². The van der Waals surface area contributed by atoms with Gasteiger partial charge in [0.05, 0.1) is 5.69 Å². The summed E-state index contributed by atoms with van der Waals surface area (Å²) in [5, 5.41) is 3.09. The SMILES string of the molecule is Cc1nc(Cl)nc2c1NC(=O)C1(CC1)N2C. The minimum atomic E-state index is -0.392. The maximum Gasteiger partial charge on any atom is 0.250 e. The summed E-state index contributed by atoms with van der Waals surface area (Å²) in [4.78, 5) is 22.1. The molecule has 0 unspecified atom stereocenters. The monoisotopic (exact) mass is 238 g/mol. The van der Waals surface area contributed by atoms with Gasteiger partial charge in [0.15, 0.2) is 5.82 Å². The van der Waals surface area contributed by atoms with Gasteiger partial charge in [-0.1, -0.05) is 0 Å². The lowest BCUT2D eigenvalue weighted by molar-refractivity contribution is -0.118. The van der Waals surface area contributed by atoms with Gasteiger partial charge < -0.3 is 10.2 Å². The molecule has 0 radical (unpaired) electrons. The Morgan fingerprint density at radius 3 is 2.75 bits per heavy atom. The molecule has 1 aliphatic carbocycles. The third-order valence-corrected chi connectivity index (χ3v) is 3.56. The Morgan fingerprint density at radius 2 is 2.12 bits per heavy atom. The molecule has 0 atom stereocenters. The summed E-state index contributed by atoms with van der Waals surface area (Å²) in [5.74, 6) is 0.756. The van der Waals surface area contributed by atoms with Crippen molar-refractivity contribution in [2.75, 3.05) is 17.3 Å². The van der Waals surface area contributed by atoms with Crippen LogP contribution < -0.4 is 10.2 Å². The Kier molecular flexibility index (Phi) is 1.75. The number of rotatable bonds is 0. The summed E-state index contributed by atoms with van der Waals surface area (Å²) in [5.41, 5.74) is 0.983. The number of aryl methyl sites for hydroxylation is 1. The number of likely N-dealkylation sites (N-methyl/N-ethyl adjacent to an activating group) is 1. The molecular weight excluding hydrogens is 228 g/mol. The highest BCUT2D eigenvalue weighted by Gasteiger charge is 2.56. The van der Waals surface area contributed by atoms with E-state index in [1.165, 1.54) is 0 Å². The molecule has 1 aliphatic heterocycles. The molecule has 3 rings (SSSR count). The van der Waals surface area contributed by atoms with Crippen LogP contribution >= 0.6 is 11.6 Å². The number of fused-ring (bicyclic) bond motifs is 1. The summed E-state index contributed by atoms with van der Waals surface area (Å²) in [6, 6.07) is 0. The van der Waals surface area contributed by atoms with Crippen LogP contribution in [0.1, 0.15) is 18.5 Å². The van der Waals surface area contributed by atoms with Crippen LogP contribution in [0.4, 0.5) is 11.5 Å². The number of aromatic nitrogens is 2. The molecule has 1 aromatic heterocycles. The minimum Gasteiger partial charge on any atom is -0.343 e. The van der Waals surface area contributed by atoms with E-state index >= 15 is 0 Å². The first-order valence-corrected chi connectivity index (χ1v) is 5.52. The van der Waals surface area contributed by atoms with Crippen LogP contribution in [-0.4, -0.2) is 28.5 Å². The molecule has 1 aromatic rings. The molecule has 1 spiro atoms. The molecule has 2 aliphatic rings. The van der Waals surface area contributed by atoms with E-state index in [1.54, 1.807) is 0 Å². The van der Waals surface area contributed by atoms with Gasteiger partial charge >= 0.3 is 0 Å². The molecule has 84 valence electrons. The van der Waals surface area contributed by atoms with E-state index in [-0.39, 0.29) is 11.2 Å². The van der Waals surface area contributed by atoms with Crippen molar-refractivity contribution in [3.8, 4) is 0 Å². The first kappa shape index (κ1) is 9.84. The van der Waals surface area contributed by atoms with Gasteiger partial charge in [-0.3, -0.25) is 4.79 Å². The molecule has 1 fully saturated rings. The van der Waals surface area contributed by atoms with Crippen molar-refractivity contribution in [1.29, 1.82) is 0 Å². The Bertz CT molecular complexity index is 498. The van der Waals surface area contributed by atoms with Crippen molar-refractivity contribution in [1.82, 2.24) is 9.97 Å². The van der Waals surface area contributed by atoms with E-state index in [1.807, 2.05) is 18.9 Å². The van der Waals surface area contributed by atoms with Gasteiger partial charge in [-0.05, 0) is 31.4 Å². The summed E-state index contributed by atoms with van der Waals surface area (Å²) < 4.78 is 0. The highest BCUT2D eigenvalue weighted by Crippen LogP contribution is 2.48. The Morgan fingerprint density at radius 1 is 1.44 bits per heavy atom. The molecule has 0 aromatic carbocycles. The molecule has 16 heavy (non-hydrogen) atoms. The van der Waals surface area contributed by atoms with Crippen molar-refractivity contribution in [3.05, 3.63) is 11.0 Å². The molecule has 0 saturated heterocycles. The van der Waals surface area contributed by atoms with Crippen LogP contribution in [0.25, 0.3) is 0 Å². The third kappa shape index (κ3) is 1.09. The van der Waals surface area contributed by atoms with E-state index in [0.717, 1.165) is 18.7 Å². The maximum atomic E-state index is 11.9. The van der Waals surface area contributed by atoms with E-state index in [9.17, 15) is 4.79 Å². The number of carbonyl (C=O) groups is 1. The zero-order valence-electron chi connectivity index (χ0n) is 9.04. The largest absolute Gasteiger partial charge is 0.343 e. The minimum absolute atomic E-state index is 0.0384. The fourth-order valence-electron chi connectivity index (χ4n) is 2.18. The lowest BCUT2D eigenvalue weighted by atomic mass is 10.1. The van der Waals surface area contributed by atoms with Crippen molar-refractivity contribution in [2.45, 2.75) is 25.3 Å². The zero-order valence-corrected chi connectivity index (χ0v) is 9.80. The summed E-state index contributed by atoms with van der Waals surface area (Å²) in [6.45, 7) is 1.81. The standard InChI is InChI=1S/C10H11ClN4O/c1-5-6-7(14-9(11)12-5)15(2)10(3-4-10)8(16)13-6/h3-4H2,1-2H3,(H,13,16). The molecule has 1 saturated carbocycles. The quantitative estimate of drug-likeness (QED) is 0.694. The summed E-state index contributed by atoms with van der Waals surface area (Å²) in [6.07, 6.45) is 1.74. The van der Waals surface area contributed by atoms with E-state index in [0.29, 0.717) is 11.4 Å². The second-order valence-corrected chi connectivity index (χ2v) is 4.66. The van der Waals surface area contributed by atoms with Gasteiger partial charge in [0.1, 0.15) is 11.2 Å². The first-order chi connectivity index (χ1) is 7.54. The predicted molar refractivity (Wildman–Crippen MR) is 60.8 cm³/mol. The Hall–Kier alpha value is -1.36. The molecule has 2 heterocycles. The van der Waals surface area contributed by atoms with Crippen molar-refractivity contribution in [2.24, 2.45) is 0 Å². The number of anilines is 2. The smallest absolute Gasteiger partial charge is 0.250 e. The lowest BCUT2D eigenvalue weighted by Gasteiger charge is -2.34. The molecule has 0 bridgehead atoms. The van der Waals surface area contributed by atoms with Crippen LogP contribution in [-0.2, 0) is 4.79 Å². The normalized spacial score (nSPS) is 20.7. The van der Waals surface area contributed by atoms with Crippen molar-refractivity contribution < 1.29 is 4.79 Å². The predicted octanol–water partition coefficient (Wildman–Crippen LogP) is 1.36. The topological polar surface area (TPSA) is 58.1 Å². The fraction of sp³-hybridized carbons (Fsp3) is 0.500. The van der Waals surface area contributed by atoms with E-state index in [4.69, 9.17) is 11.6 Å². The second kappa shape index (κ2) is 2.85. The van der Waals surface area contributed by atoms with Crippen LogP contribution in [0, 0.1) is 6.92 Å². The van der Waals surface area contributed by atoms with Crippen molar-refractivity contribution in [3.63, 3.8) is 0 Å². The number of hydrogen-bond acceptors (Lipinski definition) is 4. The molecule has 5 nitrogen and oxygen atoms in total. The Labute approximate surface area is 97.8 Å². The summed E-state index contributed by atoms with van der Waals surface area (Å²) in [7, 11) is 1.88. The van der Waals surface area contributed by atoms with Crippen LogP contribution in [0.5, 0.6) is 0 Å². The van der Waals surface area contributed by atoms with Gasteiger partial charge in [0, 0.05) is 7.05 Å². The zero-order chi connectivity index (χ0) is 11.5. The number of halogens is 1. The number of nitrogens with zero attached hydrogens (tertiary/aromatic N) is 3. The Balaban J connectivity index is 2.19. The van der Waals surface area contributed by atoms with Gasteiger partial charge in [-0.2, -0.15) is 4.98 Å². The number of nitrogens with one attached hydrogen (secondary N) is 1. The van der Waals surface area contributed by atoms with Crippen LogP contribution in [0.3, 0.4) is 0 Å². The second-order valence-electron chi connectivity index (χ2n) is 4.32. The van der Waals surface area contributed by atoms with Crippen molar-refractivity contribution >= 4 is 29.0 Å². The first-order valence-electron chi connectivity index (χ1n) is 5.14. The number of hydrogen-bond donors (Lipinski definition) is 1. The summed E-state index contributed by atoms with van der Waals surface area (Å²) >= 11 is 5.84. The average Bonchev–Trinajstić information content (AvgIpc) is 2.99. The highest BCUT2D eigenvalue weighted by atomic mass is 35.5. The number of amides is 1. The van der Waals surface area contributed by atoms with E-state index < -0.39 is 5.54 Å². The average molecular weight is 239 g/mol. The highest BCUT2D eigenvalue weighted by molar-refractivity contribution is 6.28. The van der Waals surface area contributed by atoms with Crippen LogP contribution in [0.15, 0.2) is 0 Å². The van der Waals surface area contributed by atoms with Gasteiger partial charge in [0.25, 0.3) is 0 Å². The fourth-order valence-corrected chi connectivity index (χ4v) is 2.39. The van der Waals surface area contributed by atoms with E-state index in [2.05, 4.69) is 15.3 Å². The molecule has 1 amide bonds. The molecule has 6 heteroatoms. The maximum absolute atomic E-state index is 11.9. The third-order valence-electron chi connectivity index (χ3n) is 3.39. The lowest BCUT2D eigenvalue weighted by Crippen LogP contribution is -2.49. The van der Waals surface area contributed by atoms with Gasteiger partial charge in [-0.15, -0.1) is 0 Å². The number of carbonyl (C=O) groups excluding carboxylic acids is 1.